The molecule has 3 aromatic rings. The highest BCUT2D eigenvalue weighted by Gasteiger charge is 2.36. The van der Waals surface area contributed by atoms with E-state index in [9.17, 15) is 17.2 Å². The SMILES string of the molecule is Cc1ccc(S(=O)(=O)N2N=C(c3ccc(F)cc3)/C(=C/c3ccc(F)cc3)C2=N)cc1. The van der Waals surface area contributed by atoms with Crippen molar-refractivity contribution in [2.75, 3.05) is 0 Å². The predicted octanol–water partition coefficient (Wildman–Crippen LogP) is 4.74. The fourth-order valence-corrected chi connectivity index (χ4v) is 4.28. The third-order valence-electron chi connectivity index (χ3n) is 4.74. The third-order valence-corrected chi connectivity index (χ3v) is 6.32. The summed E-state index contributed by atoms with van der Waals surface area (Å²) < 4.78 is 53.7. The monoisotopic (exact) mass is 437 g/mol. The van der Waals surface area contributed by atoms with Gasteiger partial charge in [-0.3, -0.25) is 5.41 Å². The Balaban J connectivity index is 1.84. The van der Waals surface area contributed by atoms with Crippen LogP contribution in [0.3, 0.4) is 0 Å². The first-order valence-electron chi connectivity index (χ1n) is 9.29. The molecule has 156 valence electrons. The highest BCUT2D eigenvalue weighted by Crippen LogP contribution is 2.29. The Morgan fingerprint density at radius 3 is 2.00 bits per heavy atom. The van der Waals surface area contributed by atoms with Gasteiger partial charge in [0, 0.05) is 11.1 Å². The van der Waals surface area contributed by atoms with Crippen LogP contribution in [0.25, 0.3) is 6.08 Å². The van der Waals surface area contributed by atoms with Crippen molar-refractivity contribution in [3.63, 3.8) is 0 Å². The van der Waals surface area contributed by atoms with Crippen molar-refractivity contribution >= 4 is 27.6 Å². The molecule has 0 saturated heterocycles. The summed E-state index contributed by atoms with van der Waals surface area (Å²) in [5, 5.41) is 12.7. The first-order valence-corrected chi connectivity index (χ1v) is 10.7. The number of hydrogen-bond donors (Lipinski definition) is 1. The van der Waals surface area contributed by atoms with E-state index in [2.05, 4.69) is 5.10 Å². The van der Waals surface area contributed by atoms with Crippen LogP contribution in [0.5, 0.6) is 0 Å². The minimum absolute atomic E-state index is 0.00640. The molecule has 0 unspecified atom stereocenters. The molecule has 0 radical (unpaired) electrons. The van der Waals surface area contributed by atoms with Crippen molar-refractivity contribution < 1.29 is 17.2 Å². The molecule has 1 aliphatic heterocycles. The highest BCUT2D eigenvalue weighted by molar-refractivity contribution is 7.89. The molecule has 1 N–H and O–H groups in total. The Hall–Kier alpha value is -3.65. The minimum Gasteiger partial charge on any atom is -0.282 e. The number of sulfonamides is 1. The number of amidine groups is 1. The van der Waals surface area contributed by atoms with Gasteiger partial charge >= 0.3 is 0 Å². The zero-order valence-electron chi connectivity index (χ0n) is 16.4. The standard InChI is InChI=1S/C23H17F2N3O2S/c1-15-2-12-20(13-3-15)31(29,30)28-23(26)21(14-16-4-8-18(24)9-5-16)22(27-28)17-6-10-19(25)11-7-17/h2-14,26H,1H3/b21-14-,26-23?. The van der Waals surface area contributed by atoms with E-state index < -0.39 is 21.7 Å². The number of halogens is 2. The Morgan fingerprint density at radius 1 is 0.871 bits per heavy atom. The maximum Gasteiger partial charge on any atom is 0.284 e. The summed E-state index contributed by atoms with van der Waals surface area (Å²) in [5.74, 6) is -1.23. The number of nitrogens with zero attached hydrogens (tertiary/aromatic N) is 2. The van der Waals surface area contributed by atoms with Crippen LogP contribution in [0, 0.1) is 24.0 Å². The van der Waals surface area contributed by atoms with Gasteiger partial charge in [0.25, 0.3) is 10.0 Å². The van der Waals surface area contributed by atoms with Crippen LogP contribution in [0.2, 0.25) is 0 Å². The van der Waals surface area contributed by atoms with Gasteiger partial charge in [-0.05, 0) is 67.1 Å². The topological polar surface area (TPSA) is 73.6 Å². The van der Waals surface area contributed by atoms with Crippen LogP contribution in [0.4, 0.5) is 8.78 Å². The molecule has 0 amide bonds. The molecular formula is C23H17F2N3O2S. The second kappa shape index (κ2) is 7.88. The van der Waals surface area contributed by atoms with Gasteiger partial charge in [-0.2, -0.15) is 13.5 Å². The zero-order chi connectivity index (χ0) is 22.2. The van der Waals surface area contributed by atoms with Gasteiger partial charge in [-0.25, -0.2) is 8.78 Å². The number of hydrogen-bond acceptors (Lipinski definition) is 4. The fraction of sp³-hybridized carbons (Fsp3) is 0.0435. The average Bonchev–Trinajstić information content (AvgIpc) is 3.07. The van der Waals surface area contributed by atoms with Crippen LogP contribution in [0.1, 0.15) is 16.7 Å². The lowest BCUT2D eigenvalue weighted by Crippen LogP contribution is -2.29. The summed E-state index contributed by atoms with van der Waals surface area (Å²) in [5.41, 5.74) is 2.31. The third kappa shape index (κ3) is 4.02. The number of rotatable bonds is 4. The molecule has 1 heterocycles. The zero-order valence-corrected chi connectivity index (χ0v) is 17.2. The van der Waals surface area contributed by atoms with Gasteiger partial charge in [-0.1, -0.05) is 29.8 Å². The predicted molar refractivity (Wildman–Crippen MR) is 115 cm³/mol. The summed E-state index contributed by atoms with van der Waals surface area (Å²) in [7, 11) is -4.14. The minimum atomic E-state index is -4.14. The number of benzene rings is 3. The number of nitrogens with one attached hydrogen (secondary N) is 1. The van der Waals surface area contributed by atoms with Crippen molar-refractivity contribution in [2.24, 2.45) is 5.10 Å². The smallest absolute Gasteiger partial charge is 0.282 e. The molecule has 5 nitrogen and oxygen atoms in total. The summed E-state index contributed by atoms with van der Waals surface area (Å²) in [6.07, 6.45) is 1.55. The maximum absolute atomic E-state index is 13.4. The molecule has 8 heteroatoms. The lowest BCUT2D eigenvalue weighted by Gasteiger charge is -2.14. The van der Waals surface area contributed by atoms with Crippen molar-refractivity contribution in [3.8, 4) is 0 Å². The molecule has 31 heavy (non-hydrogen) atoms. The van der Waals surface area contributed by atoms with Crippen molar-refractivity contribution in [1.29, 1.82) is 5.41 Å². The molecule has 0 aliphatic carbocycles. The summed E-state index contributed by atoms with van der Waals surface area (Å²) in [4.78, 5) is -0.00640. The summed E-state index contributed by atoms with van der Waals surface area (Å²) >= 11 is 0. The van der Waals surface area contributed by atoms with Crippen LogP contribution in [-0.4, -0.2) is 24.4 Å². The first kappa shape index (κ1) is 20.6. The average molecular weight is 437 g/mol. The Labute approximate surface area is 178 Å². The lowest BCUT2D eigenvalue weighted by molar-refractivity contribution is 0.537. The van der Waals surface area contributed by atoms with Gasteiger partial charge in [0.05, 0.1) is 4.90 Å². The van der Waals surface area contributed by atoms with E-state index in [1.54, 1.807) is 18.2 Å². The Kier molecular flexibility index (Phi) is 5.24. The van der Waals surface area contributed by atoms with Gasteiger partial charge in [0.2, 0.25) is 0 Å². The fourth-order valence-electron chi connectivity index (χ4n) is 3.08. The van der Waals surface area contributed by atoms with E-state index in [0.29, 0.717) is 15.5 Å². The molecule has 1 aliphatic rings. The molecule has 3 aromatic carbocycles. The van der Waals surface area contributed by atoms with E-state index in [0.717, 1.165) is 5.56 Å². The van der Waals surface area contributed by atoms with Crippen molar-refractivity contribution in [3.05, 3.63) is 107 Å². The van der Waals surface area contributed by atoms with Crippen molar-refractivity contribution in [2.45, 2.75) is 11.8 Å². The molecule has 0 spiro atoms. The van der Waals surface area contributed by atoms with E-state index in [4.69, 9.17) is 5.41 Å². The van der Waals surface area contributed by atoms with Crippen LogP contribution in [-0.2, 0) is 10.0 Å². The lowest BCUT2D eigenvalue weighted by atomic mass is 10.00. The number of aryl methyl sites for hydroxylation is 1. The van der Waals surface area contributed by atoms with E-state index in [1.807, 2.05) is 6.92 Å². The van der Waals surface area contributed by atoms with E-state index in [-0.39, 0.29) is 22.0 Å². The van der Waals surface area contributed by atoms with Gasteiger partial charge in [0.1, 0.15) is 17.3 Å². The molecule has 0 aromatic heterocycles. The second-order valence-corrected chi connectivity index (χ2v) is 8.74. The van der Waals surface area contributed by atoms with Crippen molar-refractivity contribution in [1.82, 2.24) is 4.41 Å². The molecule has 0 atom stereocenters. The maximum atomic E-state index is 13.4. The van der Waals surface area contributed by atoms with Gasteiger partial charge < -0.3 is 0 Å². The van der Waals surface area contributed by atoms with Gasteiger partial charge in [0.15, 0.2) is 5.84 Å². The molecular weight excluding hydrogens is 420 g/mol. The van der Waals surface area contributed by atoms with Crippen LogP contribution >= 0.6 is 0 Å². The normalized spacial score (nSPS) is 15.5. The Bertz CT molecular complexity index is 1310. The largest absolute Gasteiger partial charge is 0.284 e. The summed E-state index contributed by atoms with van der Waals surface area (Å²) in [6.45, 7) is 1.84. The molecule has 0 bridgehead atoms. The van der Waals surface area contributed by atoms with Gasteiger partial charge in [-0.15, -0.1) is 4.41 Å². The molecule has 0 fully saturated rings. The molecule has 4 rings (SSSR count). The van der Waals surface area contributed by atoms with Crippen LogP contribution < -0.4 is 0 Å². The number of hydrazone groups is 1. The van der Waals surface area contributed by atoms with E-state index >= 15 is 0 Å². The van der Waals surface area contributed by atoms with Crippen LogP contribution in [0.15, 0.2) is 88.4 Å². The van der Waals surface area contributed by atoms with E-state index in [1.165, 1.54) is 60.7 Å². The second-order valence-electron chi connectivity index (χ2n) is 6.97. The summed E-state index contributed by atoms with van der Waals surface area (Å²) in [6, 6.07) is 17.1. The molecule has 0 saturated carbocycles. The quantitative estimate of drug-likeness (QED) is 0.640. The highest BCUT2D eigenvalue weighted by atomic mass is 32.2. The first-order chi connectivity index (χ1) is 14.8. The Morgan fingerprint density at radius 2 is 1.42 bits per heavy atom.